The van der Waals surface area contributed by atoms with Gasteiger partial charge in [0.05, 0.1) is 31.6 Å². The van der Waals surface area contributed by atoms with E-state index < -0.39 is 11.9 Å². The number of thioether (sulfide) groups is 1. The third kappa shape index (κ3) is 6.49. The van der Waals surface area contributed by atoms with E-state index in [4.69, 9.17) is 9.47 Å². The van der Waals surface area contributed by atoms with Crippen molar-refractivity contribution in [3.63, 3.8) is 0 Å². The van der Waals surface area contributed by atoms with Crippen LogP contribution >= 0.6 is 11.8 Å². The molecule has 172 valence electrons. The molecular weight excluding hydrogens is 443 g/mol. The van der Waals surface area contributed by atoms with E-state index in [1.165, 1.54) is 31.0 Å². The SMILES string of the molecule is COc1cccc(NC(=O)CSc2ccccc2C(=O)NC(C)c2ccc(OC)c(F)c2)c1. The third-order valence-electron chi connectivity index (χ3n) is 4.87. The molecule has 0 bridgehead atoms. The molecule has 0 fully saturated rings. The number of hydrogen-bond acceptors (Lipinski definition) is 5. The molecule has 0 saturated carbocycles. The summed E-state index contributed by atoms with van der Waals surface area (Å²) in [5, 5.41) is 5.70. The lowest BCUT2D eigenvalue weighted by Gasteiger charge is -2.16. The van der Waals surface area contributed by atoms with Crippen molar-refractivity contribution in [3.05, 3.63) is 83.7 Å². The molecule has 2 amide bonds. The highest BCUT2D eigenvalue weighted by atomic mass is 32.2. The second-order valence-corrected chi connectivity index (χ2v) is 8.17. The number of nitrogens with one attached hydrogen (secondary N) is 2. The van der Waals surface area contributed by atoms with Crippen molar-refractivity contribution >= 4 is 29.3 Å². The zero-order chi connectivity index (χ0) is 23.8. The number of halogens is 1. The van der Waals surface area contributed by atoms with Crippen LogP contribution in [0.1, 0.15) is 28.9 Å². The van der Waals surface area contributed by atoms with Gasteiger partial charge in [0.25, 0.3) is 5.91 Å². The first-order valence-electron chi connectivity index (χ1n) is 10.2. The largest absolute Gasteiger partial charge is 0.497 e. The number of rotatable bonds is 9. The average molecular weight is 469 g/mol. The van der Waals surface area contributed by atoms with Gasteiger partial charge in [-0.15, -0.1) is 11.8 Å². The summed E-state index contributed by atoms with van der Waals surface area (Å²) in [6.45, 7) is 1.77. The van der Waals surface area contributed by atoms with E-state index in [1.54, 1.807) is 68.6 Å². The predicted octanol–water partition coefficient (Wildman–Crippen LogP) is 5.06. The van der Waals surface area contributed by atoms with Crippen LogP contribution in [0, 0.1) is 5.82 Å². The van der Waals surface area contributed by atoms with Gasteiger partial charge in [-0.25, -0.2) is 4.39 Å². The molecule has 0 aliphatic heterocycles. The molecule has 0 aromatic heterocycles. The first-order valence-corrected chi connectivity index (χ1v) is 11.2. The predicted molar refractivity (Wildman–Crippen MR) is 128 cm³/mol. The number of methoxy groups -OCH3 is 2. The zero-order valence-corrected chi connectivity index (χ0v) is 19.4. The maximum absolute atomic E-state index is 14.0. The quantitative estimate of drug-likeness (QED) is 0.429. The molecular formula is C25H25FN2O4S. The van der Waals surface area contributed by atoms with Crippen LogP contribution in [0.2, 0.25) is 0 Å². The first-order chi connectivity index (χ1) is 15.9. The van der Waals surface area contributed by atoms with Gasteiger partial charge in [-0.05, 0) is 48.9 Å². The van der Waals surface area contributed by atoms with Gasteiger partial charge in [0.2, 0.25) is 5.91 Å². The van der Waals surface area contributed by atoms with E-state index in [0.29, 0.717) is 27.5 Å². The minimum absolute atomic E-state index is 0.126. The minimum atomic E-state index is -0.492. The van der Waals surface area contributed by atoms with Crippen LogP contribution in [0.25, 0.3) is 0 Å². The van der Waals surface area contributed by atoms with Crippen LogP contribution in [0.5, 0.6) is 11.5 Å². The highest BCUT2D eigenvalue weighted by Crippen LogP contribution is 2.26. The van der Waals surface area contributed by atoms with Crippen LogP contribution in [-0.4, -0.2) is 31.8 Å². The monoisotopic (exact) mass is 468 g/mol. The average Bonchev–Trinajstić information content (AvgIpc) is 2.82. The Labute approximate surface area is 196 Å². The van der Waals surface area contributed by atoms with Crippen molar-refractivity contribution in [3.8, 4) is 11.5 Å². The lowest BCUT2D eigenvalue weighted by Crippen LogP contribution is -2.27. The maximum Gasteiger partial charge on any atom is 0.252 e. The fourth-order valence-corrected chi connectivity index (χ4v) is 3.98. The van der Waals surface area contributed by atoms with Gasteiger partial charge >= 0.3 is 0 Å². The standard InChI is InChI=1S/C25H25FN2O4S/c1-16(17-11-12-22(32-3)21(26)13-17)27-25(30)20-9-4-5-10-23(20)33-15-24(29)28-18-7-6-8-19(14-18)31-2/h4-14,16H,15H2,1-3H3,(H,27,30)(H,28,29). The summed E-state index contributed by atoms with van der Waals surface area (Å²) in [6, 6.07) is 18.3. The molecule has 1 atom stereocenters. The second kappa shape index (κ2) is 11.4. The van der Waals surface area contributed by atoms with Gasteiger partial charge in [-0.1, -0.05) is 24.3 Å². The molecule has 2 N–H and O–H groups in total. The van der Waals surface area contributed by atoms with Gasteiger partial charge in [0.1, 0.15) is 5.75 Å². The molecule has 3 rings (SSSR count). The summed E-state index contributed by atoms with van der Waals surface area (Å²) in [6.07, 6.45) is 0. The number of amides is 2. The molecule has 0 radical (unpaired) electrons. The summed E-state index contributed by atoms with van der Waals surface area (Å²) < 4.78 is 24.1. The third-order valence-corrected chi connectivity index (χ3v) is 5.94. The molecule has 3 aromatic carbocycles. The van der Waals surface area contributed by atoms with Crippen molar-refractivity contribution in [1.29, 1.82) is 0 Å². The van der Waals surface area contributed by atoms with E-state index in [-0.39, 0.29) is 23.3 Å². The highest BCUT2D eigenvalue weighted by Gasteiger charge is 2.17. The fourth-order valence-electron chi connectivity index (χ4n) is 3.13. The van der Waals surface area contributed by atoms with Crippen LogP contribution in [0.15, 0.2) is 71.6 Å². The van der Waals surface area contributed by atoms with Gasteiger partial charge in [-0.2, -0.15) is 0 Å². The minimum Gasteiger partial charge on any atom is -0.497 e. The van der Waals surface area contributed by atoms with Crippen LogP contribution in [0.3, 0.4) is 0 Å². The molecule has 3 aromatic rings. The van der Waals surface area contributed by atoms with E-state index in [9.17, 15) is 14.0 Å². The summed E-state index contributed by atoms with van der Waals surface area (Å²) in [5.41, 5.74) is 1.69. The molecule has 0 aliphatic carbocycles. The Morgan fingerprint density at radius 1 is 1.00 bits per heavy atom. The van der Waals surface area contributed by atoms with E-state index in [0.717, 1.165) is 0 Å². The molecule has 8 heteroatoms. The van der Waals surface area contributed by atoms with Crippen LogP contribution in [-0.2, 0) is 4.79 Å². The van der Waals surface area contributed by atoms with E-state index >= 15 is 0 Å². The highest BCUT2D eigenvalue weighted by molar-refractivity contribution is 8.00. The lowest BCUT2D eigenvalue weighted by molar-refractivity contribution is -0.113. The van der Waals surface area contributed by atoms with Crippen molar-refractivity contribution in [2.75, 3.05) is 25.3 Å². The van der Waals surface area contributed by atoms with Crippen LogP contribution in [0.4, 0.5) is 10.1 Å². The second-order valence-electron chi connectivity index (χ2n) is 7.15. The molecule has 0 spiro atoms. The Bertz CT molecular complexity index is 1140. The van der Waals surface area contributed by atoms with Gasteiger partial charge in [0, 0.05) is 16.6 Å². The number of hydrogen-bond donors (Lipinski definition) is 2. The molecule has 6 nitrogen and oxygen atoms in total. The Kier molecular flexibility index (Phi) is 8.32. The number of anilines is 1. The van der Waals surface area contributed by atoms with E-state index in [2.05, 4.69) is 10.6 Å². The lowest BCUT2D eigenvalue weighted by atomic mass is 10.1. The topological polar surface area (TPSA) is 76.7 Å². The summed E-state index contributed by atoms with van der Waals surface area (Å²) in [5.74, 6) is -0.0879. The number of carbonyl (C=O) groups is 2. The van der Waals surface area contributed by atoms with Crippen molar-refractivity contribution in [2.24, 2.45) is 0 Å². The summed E-state index contributed by atoms with van der Waals surface area (Å²) >= 11 is 1.26. The summed E-state index contributed by atoms with van der Waals surface area (Å²) in [7, 11) is 2.96. The van der Waals surface area contributed by atoms with Gasteiger partial charge in [0.15, 0.2) is 11.6 Å². The molecule has 33 heavy (non-hydrogen) atoms. The molecule has 0 saturated heterocycles. The number of benzene rings is 3. The van der Waals surface area contributed by atoms with Crippen molar-refractivity contribution in [1.82, 2.24) is 5.32 Å². The smallest absolute Gasteiger partial charge is 0.252 e. The Hall–Kier alpha value is -3.52. The van der Waals surface area contributed by atoms with Gasteiger partial charge in [-0.3, -0.25) is 9.59 Å². The number of ether oxygens (including phenoxy) is 2. The van der Waals surface area contributed by atoms with Crippen LogP contribution < -0.4 is 20.1 Å². The van der Waals surface area contributed by atoms with Crippen molar-refractivity contribution < 1.29 is 23.5 Å². The number of carbonyl (C=O) groups excluding carboxylic acids is 2. The zero-order valence-electron chi connectivity index (χ0n) is 18.6. The Balaban J connectivity index is 1.63. The van der Waals surface area contributed by atoms with Crippen molar-refractivity contribution in [2.45, 2.75) is 17.9 Å². The normalized spacial score (nSPS) is 11.4. The molecule has 1 unspecified atom stereocenters. The molecule has 0 heterocycles. The maximum atomic E-state index is 14.0. The first kappa shape index (κ1) is 24.1. The summed E-state index contributed by atoms with van der Waals surface area (Å²) in [4.78, 5) is 26.0. The van der Waals surface area contributed by atoms with E-state index in [1.807, 2.05) is 0 Å². The van der Waals surface area contributed by atoms with Gasteiger partial charge < -0.3 is 20.1 Å². The Morgan fingerprint density at radius 3 is 2.52 bits per heavy atom. The Morgan fingerprint density at radius 2 is 1.79 bits per heavy atom. The fraction of sp³-hybridized carbons (Fsp3) is 0.200. The molecule has 0 aliphatic rings.